The molecule has 2 amide bonds. The van der Waals surface area contributed by atoms with E-state index in [9.17, 15) is 9.59 Å². The Morgan fingerprint density at radius 1 is 1.29 bits per heavy atom. The lowest BCUT2D eigenvalue weighted by Gasteiger charge is -2.26. The summed E-state index contributed by atoms with van der Waals surface area (Å²) in [5.41, 5.74) is 1.82. The molecule has 0 unspecified atom stereocenters. The second-order valence-corrected chi connectivity index (χ2v) is 4.98. The van der Waals surface area contributed by atoms with Gasteiger partial charge in [0.15, 0.2) is 0 Å². The number of piperidine rings is 1. The molecule has 0 bridgehead atoms. The number of nitrogens with zero attached hydrogens (tertiary/aromatic N) is 1. The number of hydrogen-bond donors (Lipinski definition) is 1. The lowest BCUT2D eigenvalue weighted by Crippen LogP contribution is -2.35. The number of carbonyl (C=O) groups is 2. The van der Waals surface area contributed by atoms with Crippen molar-refractivity contribution in [1.29, 1.82) is 0 Å². The predicted octanol–water partition coefficient (Wildman–Crippen LogP) is 2.08. The van der Waals surface area contributed by atoms with Crippen LogP contribution in [-0.4, -0.2) is 24.9 Å². The number of anilines is 1. The third kappa shape index (κ3) is 4.35. The van der Waals surface area contributed by atoms with Crippen LogP contribution < -0.4 is 10.2 Å². The lowest BCUT2D eigenvalue weighted by atomic mass is 10.1. The highest BCUT2D eigenvalue weighted by Gasteiger charge is 2.18. The molecule has 1 aliphatic heterocycles. The quantitative estimate of drug-likeness (QED) is 0.864. The minimum Gasteiger partial charge on any atom is -0.345 e. The molecule has 1 heterocycles. The monoisotopic (exact) mass is 284 g/mol. The Kier molecular flexibility index (Phi) is 5.39. The summed E-state index contributed by atoms with van der Waals surface area (Å²) in [5.74, 6) is 6.11. The summed E-state index contributed by atoms with van der Waals surface area (Å²) in [6, 6.07) is 7.67. The average molecular weight is 284 g/mol. The van der Waals surface area contributed by atoms with Gasteiger partial charge >= 0.3 is 0 Å². The number of amides is 2. The molecule has 2 rings (SSSR count). The van der Waals surface area contributed by atoms with Crippen molar-refractivity contribution < 1.29 is 9.59 Å². The van der Waals surface area contributed by atoms with Gasteiger partial charge in [0.25, 0.3) is 0 Å². The molecule has 4 heteroatoms. The fourth-order valence-electron chi connectivity index (χ4n) is 2.22. The normalized spacial score (nSPS) is 14.3. The smallest absolute Gasteiger partial charge is 0.226 e. The maximum Gasteiger partial charge on any atom is 0.226 e. The van der Waals surface area contributed by atoms with Gasteiger partial charge in [0, 0.05) is 30.6 Å². The van der Waals surface area contributed by atoms with Crippen LogP contribution in [0.25, 0.3) is 0 Å². The zero-order chi connectivity index (χ0) is 15.1. The van der Waals surface area contributed by atoms with Gasteiger partial charge in [-0.15, -0.1) is 0 Å². The van der Waals surface area contributed by atoms with Gasteiger partial charge in [-0.3, -0.25) is 9.59 Å². The first kappa shape index (κ1) is 15.1. The van der Waals surface area contributed by atoms with Crippen LogP contribution in [0.4, 0.5) is 5.69 Å². The maximum atomic E-state index is 11.8. The van der Waals surface area contributed by atoms with Gasteiger partial charge in [0.2, 0.25) is 11.8 Å². The summed E-state index contributed by atoms with van der Waals surface area (Å²) in [6.07, 6.45) is 3.16. The first-order chi connectivity index (χ1) is 10.2. The van der Waals surface area contributed by atoms with Crippen molar-refractivity contribution in [3.63, 3.8) is 0 Å². The largest absolute Gasteiger partial charge is 0.345 e. The van der Waals surface area contributed by atoms with E-state index in [1.165, 1.54) is 0 Å². The highest BCUT2D eigenvalue weighted by atomic mass is 16.2. The first-order valence-electron chi connectivity index (χ1n) is 7.36. The number of carbonyl (C=O) groups excluding carboxylic acids is 2. The second-order valence-electron chi connectivity index (χ2n) is 4.98. The Bertz CT molecular complexity index is 567. The van der Waals surface area contributed by atoms with Gasteiger partial charge in [0.1, 0.15) is 0 Å². The van der Waals surface area contributed by atoms with E-state index in [0.717, 1.165) is 30.6 Å². The molecule has 0 atom stereocenters. The first-order valence-corrected chi connectivity index (χ1v) is 7.36. The number of benzene rings is 1. The van der Waals surface area contributed by atoms with E-state index in [-0.39, 0.29) is 11.8 Å². The van der Waals surface area contributed by atoms with E-state index < -0.39 is 0 Å². The predicted molar refractivity (Wildman–Crippen MR) is 82.8 cm³/mol. The van der Waals surface area contributed by atoms with Crippen molar-refractivity contribution in [2.24, 2.45) is 0 Å². The Balaban J connectivity index is 1.94. The molecule has 4 nitrogen and oxygen atoms in total. The summed E-state index contributed by atoms with van der Waals surface area (Å²) in [4.78, 5) is 24.7. The van der Waals surface area contributed by atoms with Crippen LogP contribution >= 0.6 is 0 Å². The number of hydrogen-bond acceptors (Lipinski definition) is 2. The van der Waals surface area contributed by atoms with E-state index in [4.69, 9.17) is 0 Å². The standard InChI is InChI=1S/C17H20N2O2/c1-2-16(20)18-12-5-6-14-8-10-15(11-9-14)19-13-4-3-7-17(19)21/h8-11H,2-4,7,12-13H2,1H3,(H,18,20). The number of rotatable bonds is 3. The molecule has 21 heavy (non-hydrogen) atoms. The van der Waals surface area contributed by atoms with Gasteiger partial charge in [-0.25, -0.2) is 0 Å². The fraction of sp³-hybridized carbons (Fsp3) is 0.412. The van der Waals surface area contributed by atoms with Crippen molar-refractivity contribution in [2.45, 2.75) is 32.6 Å². The van der Waals surface area contributed by atoms with Crippen LogP contribution in [0.1, 0.15) is 38.2 Å². The molecule has 0 aromatic heterocycles. The van der Waals surface area contributed by atoms with Gasteiger partial charge < -0.3 is 10.2 Å². The Hall–Kier alpha value is -2.28. The third-order valence-electron chi connectivity index (χ3n) is 3.43. The molecular weight excluding hydrogens is 264 g/mol. The van der Waals surface area contributed by atoms with Crippen LogP contribution in [0, 0.1) is 11.8 Å². The molecule has 1 aromatic rings. The fourth-order valence-corrected chi connectivity index (χ4v) is 2.22. The Labute approximate surface area is 125 Å². The summed E-state index contributed by atoms with van der Waals surface area (Å²) >= 11 is 0. The summed E-state index contributed by atoms with van der Waals surface area (Å²) in [7, 11) is 0. The summed E-state index contributed by atoms with van der Waals surface area (Å²) in [6.45, 7) is 2.97. The molecule has 0 saturated carbocycles. The minimum atomic E-state index is 0.00302. The lowest BCUT2D eigenvalue weighted by molar-refractivity contribution is -0.120. The topological polar surface area (TPSA) is 49.4 Å². The SMILES string of the molecule is CCC(=O)NCC#Cc1ccc(N2CCCCC2=O)cc1. The van der Waals surface area contributed by atoms with Crippen LogP contribution in [0.3, 0.4) is 0 Å². The third-order valence-corrected chi connectivity index (χ3v) is 3.43. The second kappa shape index (κ2) is 7.49. The van der Waals surface area contributed by atoms with E-state index in [1.807, 2.05) is 36.1 Å². The Morgan fingerprint density at radius 2 is 2.05 bits per heavy atom. The molecule has 1 aliphatic rings. The maximum absolute atomic E-state index is 11.8. The zero-order valence-corrected chi connectivity index (χ0v) is 12.3. The highest BCUT2D eigenvalue weighted by molar-refractivity contribution is 5.94. The van der Waals surface area contributed by atoms with Gasteiger partial charge in [-0.1, -0.05) is 18.8 Å². The summed E-state index contributed by atoms with van der Waals surface area (Å²) < 4.78 is 0. The zero-order valence-electron chi connectivity index (χ0n) is 12.3. The molecule has 1 saturated heterocycles. The van der Waals surface area contributed by atoms with Crippen LogP contribution in [-0.2, 0) is 9.59 Å². The summed E-state index contributed by atoms with van der Waals surface area (Å²) in [5, 5.41) is 2.71. The van der Waals surface area contributed by atoms with Crippen molar-refractivity contribution >= 4 is 17.5 Å². The average Bonchev–Trinajstić information content (AvgIpc) is 2.52. The van der Waals surface area contributed by atoms with E-state index in [0.29, 0.717) is 19.4 Å². The van der Waals surface area contributed by atoms with Crippen molar-refractivity contribution in [1.82, 2.24) is 5.32 Å². The molecule has 0 spiro atoms. The van der Waals surface area contributed by atoms with Crippen LogP contribution in [0.2, 0.25) is 0 Å². The van der Waals surface area contributed by atoms with Gasteiger partial charge in [-0.05, 0) is 37.1 Å². The molecule has 1 N–H and O–H groups in total. The molecule has 1 fully saturated rings. The molecular formula is C17H20N2O2. The molecule has 0 radical (unpaired) electrons. The van der Waals surface area contributed by atoms with Crippen molar-refractivity contribution in [3.8, 4) is 11.8 Å². The molecule has 1 aromatic carbocycles. The van der Waals surface area contributed by atoms with Gasteiger partial charge in [-0.2, -0.15) is 0 Å². The van der Waals surface area contributed by atoms with E-state index >= 15 is 0 Å². The highest BCUT2D eigenvalue weighted by Crippen LogP contribution is 2.20. The molecule has 110 valence electrons. The van der Waals surface area contributed by atoms with Crippen molar-refractivity contribution in [2.75, 3.05) is 18.0 Å². The van der Waals surface area contributed by atoms with Gasteiger partial charge in [0.05, 0.1) is 6.54 Å². The van der Waals surface area contributed by atoms with Crippen molar-refractivity contribution in [3.05, 3.63) is 29.8 Å². The Morgan fingerprint density at radius 3 is 2.71 bits per heavy atom. The number of nitrogens with one attached hydrogen (secondary N) is 1. The van der Waals surface area contributed by atoms with Crippen LogP contribution in [0.15, 0.2) is 24.3 Å². The minimum absolute atomic E-state index is 0.00302. The molecule has 0 aliphatic carbocycles. The van der Waals surface area contributed by atoms with E-state index in [2.05, 4.69) is 17.2 Å². The van der Waals surface area contributed by atoms with Crippen LogP contribution in [0.5, 0.6) is 0 Å². The van der Waals surface area contributed by atoms with E-state index in [1.54, 1.807) is 0 Å².